The van der Waals surface area contributed by atoms with Gasteiger partial charge in [-0.15, -0.1) is 0 Å². The molecule has 0 bridgehead atoms. The molecule has 2 nitrogen and oxygen atoms in total. The van der Waals surface area contributed by atoms with Gasteiger partial charge in [0.25, 0.3) is 0 Å². The van der Waals surface area contributed by atoms with E-state index in [1.165, 1.54) is 38.9 Å². The van der Waals surface area contributed by atoms with Crippen molar-refractivity contribution in [3.05, 3.63) is 0 Å². The predicted molar refractivity (Wildman–Crippen MR) is 62.6 cm³/mol. The van der Waals surface area contributed by atoms with Crippen LogP contribution in [0.1, 0.15) is 40.0 Å². The summed E-state index contributed by atoms with van der Waals surface area (Å²) in [5.74, 6) is 1.02. The van der Waals surface area contributed by atoms with E-state index in [1.807, 2.05) is 0 Å². The van der Waals surface area contributed by atoms with Crippen LogP contribution < -0.4 is 5.32 Å². The molecule has 0 saturated heterocycles. The molecule has 0 spiro atoms. The number of rotatable bonds is 8. The largest absolute Gasteiger partial charge is 0.313 e. The van der Waals surface area contributed by atoms with E-state index in [2.05, 4.69) is 31.0 Å². The Morgan fingerprint density at radius 2 is 2.07 bits per heavy atom. The molecule has 1 atom stereocenters. The van der Waals surface area contributed by atoms with Gasteiger partial charge in [-0.1, -0.05) is 13.8 Å². The molecule has 1 fully saturated rings. The molecular weight excluding hydrogens is 172 g/mol. The van der Waals surface area contributed by atoms with Crippen LogP contribution in [0.25, 0.3) is 0 Å². The molecule has 1 aliphatic rings. The lowest BCUT2D eigenvalue weighted by molar-refractivity contribution is 0.249. The lowest BCUT2D eigenvalue weighted by Crippen LogP contribution is -2.40. The minimum absolute atomic E-state index is 0.647. The van der Waals surface area contributed by atoms with Gasteiger partial charge >= 0.3 is 0 Å². The Morgan fingerprint density at radius 3 is 2.57 bits per heavy atom. The van der Waals surface area contributed by atoms with Gasteiger partial charge < -0.3 is 10.2 Å². The van der Waals surface area contributed by atoms with E-state index >= 15 is 0 Å². The Labute approximate surface area is 89.1 Å². The summed E-state index contributed by atoms with van der Waals surface area (Å²) >= 11 is 0. The van der Waals surface area contributed by atoms with Crippen molar-refractivity contribution < 1.29 is 0 Å². The quantitative estimate of drug-likeness (QED) is 0.642. The van der Waals surface area contributed by atoms with Crippen molar-refractivity contribution in [3.63, 3.8) is 0 Å². The summed E-state index contributed by atoms with van der Waals surface area (Å²) in [6.45, 7) is 11.7. The highest BCUT2D eigenvalue weighted by molar-refractivity contribution is 4.78. The van der Waals surface area contributed by atoms with Crippen LogP contribution in [0.2, 0.25) is 0 Å². The highest BCUT2D eigenvalue weighted by Crippen LogP contribution is 2.29. The van der Waals surface area contributed by atoms with Crippen LogP contribution in [0, 0.1) is 5.92 Å². The van der Waals surface area contributed by atoms with E-state index in [9.17, 15) is 0 Å². The summed E-state index contributed by atoms with van der Waals surface area (Å²) in [6, 6.07) is 0.647. The molecule has 0 radical (unpaired) electrons. The first kappa shape index (κ1) is 12.0. The fourth-order valence-electron chi connectivity index (χ4n) is 1.84. The minimum Gasteiger partial charge on any atom is -0.313 e. The molecule has 0 heterocycles. The molecule has 0 aromatic rings. The summed E-state index contributed by atoms with van der Waals surface area (Å²) in [7, 11) is 0. The van der Waals surface area contributed by atoms with Crippen LogP contribution >= 0.6 is 0 Å². The van der Waals surface area contributed by atoms with Gasteiger partial charge in [0, 0.05) is 19.1 Å². The van der Waals surface area contributed by atoms with Gasteiger partial charge in [-0.25, -0.2) is 0 Å². The Bertz CT molecular complexity index is 143. The molecule has 1 rings (SSSR count). The topological polar surface area (TPSA) is 15.3 Å². The van der Waals surface area contributed by atoms with Crippen molar-refractivity contribution in [2.45, 2.75) is 46.1 Å². The normalized spacial score (nSPS) is 18.9. The Hall–Kier alpha value is -0.0800. The monoisotopic (exact) mass is 198 g/mol. The van der Waals surface area contributed by atoms with E-state index in [4.69, 9.17) is 0 Å². The zero-order chi connectivity index (χ0) is 10.4. The molecule has 14 heavy (non-hydrogen) atoms. The second-order valence-electron chi connectivity index (χ2n) is 4.65. The van der Waals surface area contributed by atoms with Crippen LogP contribution in [-0.4, -0.2) is 37.1 Å². The maximum Gasteiger partial charge on any atom is 0.0166 e. The van der Waals surface area contributed by atoms with Crippen molar-refractivity contribution in [2.24, 2.45) is 5.92 Å². The van der Waals surface area contributed by atoms with Crippen LogP contribution in [0.3, 0.4) is 0 Å². The van der Waals surface area contributed by atoms with Gasteiger partial charge in [0.15, 0.2) is 0 Å². The molecule has 1 aliphatic carbocycles. The zero-order valence-corrected chi connectivity index (χ0v) is 10.1. The van der Waals surface area contributed by atoms with Crippen LogP contribution in [0.15, 0.2) is 0 Å². The molecule has 0 aliphatic heterocycles. The molecule has 1 unspecified atom stereocenters. The second kappa shape index (κ2) is 6.41. The molecule has 84 valence electrons. The molecule has 1 N–H and O–H groups in total. The van der Waals surface area contributed by atoms with Crippen molar-refractivity contribution in [3.8, 4) is 0 Å². The predicted octanol–water partition coefficient (Wildman–Crippen LogP) is 2.11. The second-order valence-corrected chi connectivity index (χ2v) is 4.65. The number of hydrogen-bond acceptors (Lipinski definition) is 2. The first-order valence-electron chi connectivity index (χ1n) is 6.22. The third-order valence-corrected chi connectivity index (χ3v) is 2.94. The van der Waals surface area contributed by atoms with Gasteiger partial charge in [0.2, 0.25) is 0 Å². The van der Waals surface area contributed by atoms with Crippen molar-refractivity contribution in [1.29, 1.82) is 0 Å². The molecule has 0 aromatic carbocycles. The summed E-state index contributed by atoms with van der Waals surface area (Å²) in [5, 5.41) is 3.55. The number of nitrogens with zero attached hydrogens (tertiary/aromatic N) is 1. The molecule has 0 aromatic heterocycles. The first-order chi connectivity index (χ1) is 6.76. The van der Waals surface area contributed by atoms with E-state index in [-0.39, 0.29) is 0 Å². The summed E-state index contributed by atoms with van der Waals surface area (Å²) < 4.78 is 0. The fourth-order valence-corrected chi connectivity index (χ4v) is 1.84. The van der Waals surface area contributed by atoms with Crippen molar-refractivity contribution in [2.75, 3.05) is 26.2 Å². The van der Waals surface area contributed by atoms with Crippen LogP contribution in [0.4, 0.5) is 0 Å². The standard InChI is InChI=1S/C12H26N2/c1-4-8-13-11(3)9-14(5-2)10-12-6-7-12/h11-13H,4-10H2,1-3H3. The summed E-state index contributed by atoms with van der Waals surface area (Å²) in [5.41, 5.74) is 0. The maximum absolute atomic E-state index is 3.55. The molecule has 2 heteroatoms. The van der Waals surface area contributed by atoms with E-state index in [1.54, 1.807) is 0 Å². The SMILES string of the molecule is CCCNC(C)CN(CC)CC1CC1. The summed E-state index contributed by atoms with van der Waals surface area (Å²) in [4.78, 5) is 2.59. The van der Waals surface area contributed by atoms with E-state index in [0.717, 1.165) is 12.5 Å². The number of likely N-dealkylation sites (N-methyl/N-ethyl adjacent to an activating group) is 1. The van der Waals surface area contributed by atoms with Crippen LogP contribution in [-0.2, 0) is 0 Å². The fraction of sp³-hybridized carbons (Fsp3) is 1.00. The highest BCUT2D eigenvalue weighted by atomic mass is 15.1. The first-order valence-corrected chi connectivity index (χ1v) is 6.22. The van der Waals surface area contributed by atoms with Gasteiger partial charge in [-0.05, 0) is 45.2 Å². The zero-order valence-electron chi connectivity index (χ0n) is 10.1. The van der Waals surface area contributed by atoms with Crippen molar-refractivity contribution in [1.82, 2.24) is 10.2 Å². The van der Waals surface area contributed by atoms with Gasteiger partial charge in [-0.3, -0.25) is 0 Å². The average Bonchev–Trinajstić information content (AvgIpc) is 2.97. The third kappa shape index (κ3) is 4.97. The lowest BCUT2D eigenvalue weighted by Gasteiger charge is -2.24. The highest BCUT2D eigenvalue weighted by Gasteiger charge is 2.23. The lowest BCUT2D eigenvalue weighted by atomic mass is 10.2. The van der Waals surface area contributed by atoms with Gasteiger partial charge in [0.1, 0.15) is 0 Å². The minimum atomic E-state index is 0.647. The Kier molecular flexibility index (Phi) is 5.49. The smallest absolute Gasteiger partial charge is 0.0166 e. The Morgan fingerprint density at radius 1 is 1.36 bits per heavy atom. The Balaban J connectivity index is 2.10. The average molecular weight is 198 g/mol. The maximum atomic E-state index is 3.55. The van der Waals surface area contributed by atoms with E-state index in [0.29, 0.717) is 6.04 Å². The van der Waals surface area contributed by atoms with Crippen LogP contribution in [0.5, 0.6) is 0 Å². The summed E-state index contributed by atoms with van der Waals surface area (Å²) in [6.07, 6.45) is 4.17. The van der Waals surface area contributed by atoms with E-state index < -0.39 is 0 Å². The molecular formula is C12H26N2. The number of hydrogen-bond donors (Lipinski definition) is 1. The van der Waals surface area contributed by atoms with Gasteiger partial charge in [0.05, 0.1) is 0 Å². The molecule has 0 amide bonds. The third-order valence-electron chi connectivity index (χ3n) is 2.94. The molecule has 1 saturated carbocycles. The number of nitrogens with one attached hydrogen (secondary N) is 1. The van der Waals surface area contributed by atoms with Gasteiger partial charge in [-0.2, -0.15) is 0 Å². The van der Waals surface area contributed by atoms with Crippen molar-refractivity contribution >= 4 is 0 Å².